The van der Waals surface area contributed by atoms with Crippen molar-refractivity contribution in [2.24, 2.45) is 0 Å². The van der Waals surface area contributed by atoms with Crippen molar-refractivity contribution in [2.75, 3.05) is 33.4 Å². The van der Waals surface area contributed by atoms with Crippen LogP contribution >= 0.6 is 11.3 Å². The predicted molar refractivity (Wildman–Crippen MR) is 114 cm³/mol. The Balaban J connectivity index is 1.71. The van der Waals surface area contributed by atoms with Crippen molar-refractivity contribution in [2.45, 2.75) is 57.7 Å². The van der Waals surface area contributed by atoms with E-state index in [0.717, 1.165) is 34.7 Å². The number of methoxy groups -OCH3 is 1. The van der Waals surface area contributed by atoms with Gasteiger partial charge in [0.2, 0.25) is 0 Å². The zero-order valence-corrected chi connectivity index (χ0v) is 18.7. The van der Waals surface area contributed by atoms with Crippen molar-refractivity contribution >= 4 is 29.1 Å². The molecule has 8 nitrogen and oxygen atoms in total. The molecule has 2 fully saturated rings. The highest BCUT2D eigenvalue weighted by molar-refractivity contribution is 7.14. The largest absolute Gasteiger partial charge is 0.453 e. The van der Waals surface area contributed by atoms with Crippen LogP contribution < -0.4 is 10.6 Å². The van der Waals surface area contributed by atoms with Crippen molar-refractivity contribution in [1.29, 1.82) is 0 Å². The van der Waals surface area contributed by atoms with E-state index in [9.17, 15) is 14.4 Å². The molecule has 166 valence electrons. The number of hydrogen-bond acceptors (Lipinski definition) is 7. The second-order valence-corrected chi connectivity index (χ2v) is 8.88. The lowest BCUT2D eigenvalue weighted by molar-refractivity contribution is -0.148. The van der Waals surface area contributed by atoms with Crippen molar-refractivity contribution in [3.8, 4) is 0 Å². The maximum absolute atomic E-state index is 13.2. The number of carbonyl (C=O) groups is 3. The van der Waals surface area contributed by atoms with Crippen LogP contribution in [0, 0.1) is 0 Å². The maximum atomic E-state index is 13.2. The van der Waals surface area contributed by atoms with E-state index in [4.69, 9.17) is 4.74 Å². The molecule has 2 N–H and O–H groups in total. The summed E-state index contributed by atoms with van der Waals surface area (Å²) in [7, 11) is 1.33. The Morgan fingerprint density at radius 3 is 2.77 bits per heavy atom. The second-order valence-electron chi connectivity index (χ2n) is 7.80. The molecule has 30 heavy (non-hydrogen) atoms. The number of morpholine rings is 1. The summed E-state index contributed by atoms with van der Waals surface area (Å²) >= 11 is 1.47. The molecule has 1 saturated carbocycles. The van der Waals surface area contributed by atoms with Crippen LogP contribution in [0.5, 0.6) is 0 Å². The van der Waals surface area contributed by atoms with Crippen LogP contribution in [0.4, 0.5) is 4.79 Å². The number of aryl methyl sites for hydroxylation is 1. The Labute approximate surface area is 181 Å². The van der Waals surface area contributed by atoms with Crippen molar-refractivity contribution in [3.63, 3.8) is 0 Å². The molecule has 1 aromatic rings. The maximum Gasteiger partial charge on any atom is 0.406 e. The first-order valence-electron chi connectivity index (χ1n) is 10.5. The fraction of sp³-hybridized carbons (Fsp3) is 0.667. The Morgan fingerprint density at radius 1 is 1.40 bits per heavy atom. The van der Waals surface area contributed by atoms with Gasteiger partial charge in [-0.2, -0.15) is 0 Å². The number of alkyl carbamates (subject to hydrolysis) is 1. The lowest BCUT2D eigenvalue weighted by Gasteiger charge is -2.33. The summed E-state index contributed by atoms with van der Waals surface area (Å²) in [6.07, 6.45) is 2.49. The highest BCUT2D eigenvalue weighted by Crippen LogP contribution is 2.39. The topological polar surface area (TPSA) is 97.0 Å². The van der Waals surface area contributed by atoms with Gasteiger partial charge >= 0.3 is 6.09 Å². The minimum atomic E-state index is -0.459. The van der Waals surface area contributed by atoms with Gasteiger partial charge in [0.15, 0.2) is 5.78 Å². The van der Waals surface area contributed by atoms with E-state index in [1.54, 1.807) is 6.92 Å². The van der Waals surface area contributed by atoms with Gasteiger partial charge in [0, 0.05) is 30.6 Å². The van der Waals surface area contributed by atoms with Gasteiger partial charge in [-0.3, -0.25) is 9.59 Å². The van der Waals surface area contributed by atoms with Gasteiger partial charge in [0.1, 0.15) is 6.10 Å². The minimum absolute atomic E-state index is 0.0264. The molecule has 2 amide bonds. The molecular weight excluding hydrogens is 406 g/mol. The van der Waals surface area contributed by atoms with Gasteiger partial charge in [0.25, 0.3) is 5.91 Å². The van der Waals surface area contributed by atoms with Gasteiger partial charge in [-0.05, 0) is 51.2 Å². The van der Waals surface area contributed by atoms with Crippen LogP contribution in [0.3, 0.4) is 0 Å². The van der Waals surface area contributed by atoms with E-state index in [-0.39, 0.29) is 23.8 Å². The summed E-state index contributed by atoms with van der Waals surface area (Å²) in [5.41, 5.74) is 0.972. The highest BCUT2D eigenvalue weighted by atomic mass is 32.1. The molecule has 0 spiro atoms. The molecule has 1 aliphatic heterocycles. The molecule has 1 saturated heterocycles. The number of ether oxygens (including phenoxy) is 2. The van der Waals surface area contributed by atoms with E-state index in [1.165, 1.54) is 18.4 Å². The van der Waals surface area contributed by atoms with Crippen molar-refractivity contribution < 1.29 is 23.9 Å². The van der Waals surface area contributed by atoms with Crippen LogP contribution in [0.2, 0.25) is 0 Å². The molecule has 1 aromatic heterocycles. The molecule has 0 unspecified atom stereocenters. The van der Waals surface area contributed by atoms with Gasteiger partial charge in [-0.1, -0.05) is 0 Å². The smallest absolute Gasteiger partial charge is 0.406 e. The average molecular weight is 438 g/mol. The SMILES string of the molecule is COC(=O)NCCCc1cc([C@@H](C)N(C(=O)[C@H]2CNCCO2)C2CC2)sc1C(C)=O. The first-order valence-corrected chi connectivity index (χ1v) is 11.3. The summed E-state index contributed by atoms with van der Waals surface area (Å²) in [6, 6.07) is 2.18. The summed E-state index contributed by atoms with van der Waals surface area (Å²) in [6.45, 7) is 5.93. The number of hydrogen-bond donors (Lipinski definition) is 2. The van der Waals surface area contributed by atoms with Crippen molar-refractivity contribution in [1.82, 2.24) is 15.5 Å². The quantitative estimate of drug-likeness (QED) is 0.454. The van der Waals surface area contributed by atoms with Gasteiger partial charge < -0.3 is 25.0 Å². The lowest BCUT2D eigenvalue weighted by atomic mass is 10.1. The molecule has 3 rings (SSSR count). The Morgan fingerprint density at radius 2 is 2.17 bits per heavy atom. The number of nitrogens with one attached hydrogen (secondary N) is 2. The third kappa shape index (κ3) is 5.59. The lowest BCUT2D eigenvalue weighted by Crippen LogP contribution is -2.50. The standard InChI is InChI=1S/C21H31N3O5S/c1-13(24(16-6-7-16)20(26)17-12-22-9-10-29-17)18-11-15(19(30-18)14(2)25)5-4-8-23-21(27)28-3/h11,13,16-17,22H,4-10,12H2,1-3H3,(H,23,27)/t13-,17-/m1/s1. The Kier molecular flexibility index (Phi) is 7.85. The van der Waals surface area contributed by atoms with E-state index in [1.807, 2.05) is 17.9 Å². The third-order valence-electron chi connectivity index (χ3n) is 5.45. The number of thiophene rings is 1. The Bertz CT molecular complexity index is 771. The van der Waals surface area contributed by atoms with E-state index >= 15 is 0 Å². The fourth-order valence-corrected chi connectivity index (χ4v) is 4.91. The van der Waals surface area contributed by atoms with Crippen LogP contribution in [0.25, 0.3) is 0 Å². The van der Waals surface area contributed by atoms with E-state index in [2.05, 4.69) is 15.4 Å². The van der Waals surface area contributed by atoms with Gasteiger partial charge in [-0.25, -0.2) is 4.79 Å². The number of ketones is 1. The van der Waals surface area contributed by atoms with E-state index < -0.39 is 12.2 Å². The monoisotopic (exact) mass is 437 g/mol. The molecule has 0 bridgehead atoms. The number of carbonyl (C=O) groups excluding carboxylic acids is 3. The minimum Gasteiger partial charge on any atom is -0.453 e. The summed E-state index contributed by atoms with van der Waals surface area (Å²) in [4.78, 5) is 40.3. The predicted octanol–water partition coefficient (Wildman–Crippen LogP) is 2.28. The molecule has 2 heterocycles. The summed E-state index contributed by atoms with van der Waals surface area (Å²) in [5, 5.41) is 5.88. The number of amides is 2. The van der Waals surface area contributed by atoms with Crippen molar-refractivity contribution in [3.05, 3.63) is 21.4 Å². The molecule has 0 aromatic carbocycles. The average Bonchev–Trinajstić information content (AvgIpc) is 3.48. The van der Waals surface area contributed by atoms with Crippen LogP contribution in [0.1, 0.15) is 59.3 Å². The highest BCUT2D eigenvalue weighted by Gasteiger charge is 2.40. The van der Waals surface area contributed by atoms with Gasteiger partial charge in [-0.15, -0.1) is 11.3 Å². The first-order chi connectivity index (χ1) is 14.4. The molecule has 2 atom stereocenters. The summed E-state index contributed by atoms with van der Waals surface area (Å²) in [5.74, 6) is 0.0530. The second kappa shape index (κ2) is 10.4. The molecule has 1 aliphatic carbocycles. The Hall–Kier alpha value is -1.97. The number of rotatable bonds is 9. The molecule has 0 radical (unpaired) electrons. The zero-order valence-electron chi connectivity index (χ0n) is 17.9. The third-order valence-corrected chi connectivity index (χ3v) is 6.90. The molecule has 9 heteroatoms. The molecule has 2 aliphatic rings. The van der Waals surface area contributed by atoms with Crippen LogP contribution in [-0.2, 0) is 20.7 Å². The van der Waals surface area contributed by atoms with E-state index in [0.29, 0.717) is 32.5 Å². The number of Topliss-reactive ketones (excluding diaryl/α,β-unsaturated/α-hetero) is 1. The summed E-state index contributed by atoms with van der Waals surface area (Å²) < 4.78 is 10.3. The number of nitrogens with zero attached hydrogens (tertiary/aromatic N) is 1. The normalized spacial score (nSPS) is 19.8. The zero-order chi connectivity index (χ0) is 21.7. The van der Waals surface area contributed by atoms with Gasteiger partial charge in [0.05, 0.1) is 24.6 Å². The fourth-order valence-electron chi connectivity index (χ4n) is 3.75. The van der Waals surface area contributed by atoms with Crippen LogP contribution in [-0.4, -0.2) is 68.2 Å². The first kappa shape index (κ1) is 22.7. The molecular formula is C21H31N3O5S. The van der Waals surface area contributed by atoms with Crippen LogP contribution in [0.15, 0.2) is 6.07 Å².